The van der Waals surface area contributed by atoms with Crippen molar-refractivity contribution in [1.82, 2.24) is 0 Å². The quantitative estimate of drug-likeness (QED) is 0.0715. The van der Waals surface area contributed by atoms with Crippen LogP contribution in [-0.2, 0) is 9.59 Å². The van der Waals surface area contributed by atoms with Crippen molar-refractivity contribution in [2.75, 3.05) is 0 Å². The second kappa shape index (κ2) is 15.6. The zero-order valence-electron chi connectivity index (χ0n) is 23.6. The lowest BCUT2D eigenvalue weighted by Crippen LogP contribution is -2.07. The average molecular weight is 556 g/mol. The summed E-state index contributed by atoms with van der Waals surface area (Å²) >= 11 is 0. The van der Waals surface area contributed by atoms with E-state index in [-0.39, 0.29) is 11.9 Å². The number of hydrogen-bond acceptors (Lipinski definition) is 5. The van der Waals surface area contributed by atoms with Crippen molar-refractivity contribution in [3.05, 3.63) is 108 Å². The lowest BCUT2D eigenvalue weighted by molar-refractivity contribution is -0.135. The smallest absolute Gasteiger partial charge is 0.311 e. The molecule has 0 fully saturated rings. The Morgan fingerprint density at radius 2 is 0.857 bits per heavy atom. The maximum atomic E-state index is 12.2. The molecule has 42 heavy (non-hydrogen) atoms. The summed E-state index contributed by atoms with van der Waals surface area (Å²) in [5, 5.41) is 8.93. The van der Waals surface area contributed by atoms with E-state index in [9.17, 15) is 9.59 Å². The Labute approximate surface area is 247 Å². The first-order valence-electron chi connectivity index (χ1n) is 14.2. The Bertz CT molecular complexity index is 1420. The highest BCUT2D eigenvalue weighted by Gasteiger charge is 2.08. The Morgan fingerprint density at radius 3 is 1.21 bits per heavy atom. The van der Waals surface area contributed by atoms with E-state index in [4.69, 9.17) is 21.2 Å². The number of hydrogen-bond donors (Lipinski definition) is 0. The van der Waals surface area contributed by atoms with Crippen LogP contribution in [0.15, 0.2) is 97.1 Å². The Kier molecular flexibility index (Phi) is 11.1. The number of rotatable bonds is 13. The van der Waals surface area contributed by atoms with Gasteiger partial charge in [-0.1, -0.05) is 80.1 Å². The van der Waals surface area contributed by atoms with Crippen molar-refractivity contribution in [2.24, 2.45) is 0 Å². The van der Waals surface area contributed by atoms with E-state index in [0.29, 0.717) is 29.9 Å². The highest BCUT2D eigenvalue weighted by atomic mass is 16.5. The number of carbonyl (C=O) groups is 2. The SMILES string of the molecule is C#Cc1ccc(-c2ccc(OC(=O)CCCCCCCCC(=O)Oc3ccc(-c4ccc(C#N)cc4)cc3)cc2)cc1. The monoisotopic (exact) mass is 555 g/mol. The standard InChI is InChI=1S/C37H33NO4/c1-2-28-11-15-30(16-12-28)32-19-23-34(24-20-32)41-36(39)9-7-5-3-4-6-8-10-37(40)42-35-25-21-33(22-26-35)31-17-13-29(27-38)14-18-31/h1,11-26H,3-10H2. The number of esters is 2. The van der Waals surface area contributed by atoms with Gasteiger partial charge < -0.3 is 9.47 Å². The maximum absolute atomic E-state index is 12.2. The number of ether oxygens (including phenoxy) is 2. The summed E-state index contributed by atoms with van der Waals surface area (Å²) in [4.78, 5) is 24.4. The molecular formula is C37H33NO4. The van der Waals surface area contributed by atoms with E-state index in [2.05, 4.69) is 12.0 Å². The van der Waals surface area contributed by atoms with Gasteiger partial charge in [0.1, 0.15) is 11.5 Å². The van der Waals surface area contributed by atoms with Gasteiger partial charge in [0, 0.05) is 18.4 Å². The first kappa shape index (κ1) is 29.8. The van der Waals surface area contributed by atoms with Crippen LogP contribution in [0.1, 0.15) is 62.5 Å². The normalized spacial score (nSPS) is 10.3. The number of terminal acetylenes is 1. The van der Waals surface area contributed by atoms with Crippen molar-refractivity contribution < 1.29 is 19.1 Å². The van der Waals surface area contributed by atoms with Gasteiger partial charge in [-0.15, -0.1) is 6.42 Å². The molecule has 4 rings (SSSR count). The van der Waals surface area contributed by atoms with E-state index >= 15 is 0 Å². The van der Waals surface area contributed by atoms with Crippen LogP contribution in [0.25, 0.3) is 22.3 Å². The van der Waals surface area contributed by atoms with Gasteiger partial charge >= 0.3 is 11.9 Å². The molecule has 0 radical (unpaired) electrons. The minimum Gasteiger partial charge on any atom is -0.427 e. The molecule has 0 aromatic heterocycles. The van der Waals surface area contributed by atoms with Crippen molar-refractivity contribution in [3.8, 4) is 52.2 Å². The molecule has 0 aliphatic carbocycles. The zero-order valence-corrected chi connectivity index (χ0v) is 23.6. The van der Waals surface area contributed by atoms with Gasteiger partial charge in [-0.3, -0.25) is 9.59 Å². The molecule has 0 atom stereocenters. The van der Waals surface area contributed by atoms with Crippen molar-refractivity contribution >= 4 is 11.9 Å². The number of benzene rings is 4. The molecule has 210 valence electrons. The zero-order chi connectivity index (χ0) is 29.6. The summed E-state index contributed by atoms with van der Waals surface area (Å²) in [6.07, 6.45) is 11.6. The summed E-state index contributed by atoms with van der Waals surface area (Å²) in [6.45, 7) is 0. The van der Waals surface area contributed by atoms with Crippen LogP contribution < -0.4 is 9.47 Å². The van der Waals surface area contributed by atoms with Crippen LogP contribution in [0.4, 0.5) is 0 Å². The van der Waals surface area contributed by atoms with Crippen molar-refractivity contribution in [1.29, 1.82) is 5.26 Å². The topological polar surface area (TPSA) is 76.4 Å². The third-order valence-electron chi connectivity index (χ3n) is 6.92. The van der Waals surface area contributed by atoms with Crippen LogP contribution >= 0.6 is 0 Å². The lowest BCUT2D eigenvalue weighted by atomic mass is 10.0. The van der Waals surface area contributed by atoms with Crippen LogP contribution in [0, 0.1) is 23.7 Å². The van der Waals surface area contributed by atoms with Gasteiger partial charge in [-0.2, -0.15) is 5.26 Å². The molecule has 4 aromatic rings. The largest absolute Gasteiger partial charge is 0.427 e. The predicted octanol–water partition coefficient (Wildman–Crippen LogP) is 8.51. The summed E-state index contributed by atoms with van der Waals surface area (Å²) in [6, 6.07) is 32.1. The number of unbranched alkanes of at least 4 members (excludes halogenated alkanes) is 5. The number of nitriles is 1. The Balaban J connectivity index is 1.05. The van der Waals surface area contributed by atoms with E-state index in [1.807, 2.05) is 60.7 Å². The highest BCUT2D eigenvalue weighted by Crippen LogP contribution is 2.24. The van der Waals surface area contributed by atoms with Crippen LogP contribution in [0.3, 0.4) is 0 Å². The second-order valence-electron chi connectivity index (χ2n) is 10.0. The van der Waals surface area contributed by atoms with E-state index in [1.165, 1.54) is 0 Å². The minimum absolute atomic E-state index is 0.228. The molecule has 0 aliphatic rings. The fraction of sp³-hybridized carbons (Fsp3) is 0.216. The molecule has 0 unspecified atom stereocenters. The molecule has 0 spiro atoms. The summed E-state index contributed by atoms with van der Waals surface area (Å²) in [7, 11) is 0. The molecule has 0 bridgehead atoms. The van der Waals surface area contributed by atoms with Gasteiger partial charge in [-0.25, -0.2) is 0 Å². The first-order valence-corrected chi connectivity index (χ1v) is 14.2. The number of carbonyl (C=O) groups excluding carboxylic acids is 2. The molecule has 4 aromatic carbocycles. The molecule has 5 nitrogen and oxygen atoms in total. The van der Waals surface area contributed by atoms with E-state index in [1.54, 1.807) is 36.4 Å². The average Bonchev–Trinajstić information content (AvgIpc) is 3.03. The number of nitrogens with zero attached hydrogens (tertiary/aromatic N) is 1. The molecule has 0 amide bonds. The lowest BCUT2D eigenvalue weighted by Gasteiger charge is -2.07. The second-order valence-corrected chi connectivity index (χ2v) is 10.0. The van der Waals surface area contributed by atoms with E-state index in [0.717, 1.165) is 66.3 Å². The molecule has 0 heterocycles. The van der Waals surface area contributed by atoms with Crippen LogP contribution in [0.2, 0.25) is 0 Å². The third-order valence-corrected chi connectivity index (χ3v) is 6.92. The van der Waals surface area contributed by atoms with E-state index < -0.39 is 0 Å². The molecule has 0 N–H and O–H groups in total. The fourth-order valence-corrected chi connectivity index (χ4v) is 4.54. The van der Waals surface area contributed by atoms with Gasteiger partial charge in [0.25, 0.3) is 0 Å². The molecule has 5 heteroatoms. The van der Waals surface area contributed by atoms with Gasteiger partial charge in [0.2, 0.25) is 0 Å². The van der Waals surface area contributed by atoms with Crippen molar-refractivity contribution in [3.63, 3.8) is 0 Å². The van der Waals surface area contributed by atoms with Gasteiger partial charge in [0.05, 0.1) is 11.6 Å². The van der Waals surface area contributed by atoms with Gasteiger partial charge in [-0.05, 0) is 83.6 Å². The first-order chi connectivity index (χ1) is 20.5. The third kappa shape index (κ3) is 9.22. The van der Waals surface area contributed by atoms with Crippen LogP contribution in [-0.4, -0.2) is 11.9 Å². The van der Waals surface area contributed by atoms with Crippen molar-refractivity contribution in [2.45, 2.75) is 51.4 Å². The summed E-state index contributed by atoms with van der Waals surface area (Å²) in [5.74, 6) is 3.21. The Hall–Kier alpha value is -5.13. The molecule has 0 saturated heterocycles. The highest BCUT2D eigenvalue weighted by molar-refractivity contribution is 5.74. The molecule has 0 aliphatic heterocycles. The predicted molar refractivity (Wildman–Crippen MR) is 165 cm³/mol. The Morgan fingerprint density at radius 1 is 0.524 bits per heavy atom. The fourth-order valence-electron chi connectivity index (χ4n) is 4.54. The van der Waals surface area contributed by atoms with Crippen LogP contribution in [0.5, 0.6) is 11.5 Å². The summed E-state index contributed by atoms with van der Waals surface area (Å²) in [5.41, 5.74) is 5.53. The molecular weight excluding hydrogens is 522 g/mol. The summed E-state index contributed by atoms with van der Waals surface area (Å²) < 4.78 is 10.9. The van der Waals surface area contributed by atoms with Gasteiger partial charge in [0.15, 0.2) is 0 Å². The maximum Gasteiger partial charge on any atom is 0.311 e. The molecule has 0 saturated carbocycles. The minimum atomic E-state index is -0.237.